The van der Waals surface area contributed by atoms with Crippen molar-refractivity contribution in [3.8, 4) is 5.88 Å². The molecule has 12 heteroatoms. The summed E-state index contributed by atoms with van der Waals surface area (Å²) < 4.78 is 28.9. The Bertz CT molecular complexity index is 983. The fourth-order valence-corrected chi connectivity index (χ4v) is 4.19. The number of aryl methyl sites for hydroxylation is 1. The van der Waals surface area contributed by atoms with E-state index in [0.29, 0.717) is 44.7 Å². The number of β-amino-alcohol motifs (C(OH)–C–C–N with tert-alkyl or cyclic N) is 1. The zero-order chi connectivity index (χ0) is 24.5. The molecule has 10 nitrogen and oxygen atoms in total. The molecule has 5 N–H and O–H groups in total. The van der Waals surface area contributed by atoms with E-state index in [4.69, 9.17) is 15.2 Å². The highest BCUT2D eigenvalue weighted by atomic mass is 32.1. The van der Waals surface area contributed by atoms with Crippen LogP contribution in [0.2, 0.25) is 0 Å². The first kappa shape index (κ1) is 25.8. The van der Waals surface area contributed by atoms with Crippen LogP contribution >= 0.6 is 11.5 Å². The first-order chi connectivity index (χ1) is 16.3. The molecule has 0 spiro atoms. The molecule has 0 saturated carbocycles. The van der Waals surface area contributed by atoms with Crippen molar-refractivity contribution in [2.45, 2.75) is 32.5 Å². The summed E-state index contributed by atoms with van der Waals surface area (Å²) >= 11 is 0.841. The second kappa shape index (κ2) is 12.6. The fourth-order valence-electron chi connectivity index (χ4n) is 3.45. The molecule has 1 aromatic heterocycles. The molecule has 3 amide bonds. The summed E-state index contributed by atoms with van der Waals surface area (Å²) in [7, 11) is 0. The summed E-state index contributed by atoms with van der Waals surface area (Å²) in [5, 5.41) is 15.5. The molecule has 34 heavy (non-hydrogen) atoms. The van der Waals surface area contributed by atoms with Gasteiger partial charge in [-0.05, 0) is 42.9 Å². The Morgan fingerprint density at radius 3 is 2.85 bits per heavy atom. The zero-order valence-electron chi connectivity index (χ0n) is 19.0. The number of aliphatic hydroxyl groups is 1. The number of primary amides is 1. The number of morpholine rings is 1. The van der Waals surface area contributed by atoms with Crippen molar-refractivity contribution in [2.75, 3.05) is 44.7 Å². The third-order valence-electron chi connectivity index (χ3n) is 5.28. The molecule has 1 atom stereocenters. The number of hydrogen-bond donors (Lipinski definition) is 4. The minimum absolute atomic E-state index is 0.0704. The van der Waals surface area contributed by atoms with Crippen molar-refractivity contribution in [3.05, 3.63) is 40.7 Å². The van der Waals surface area contributed by atoms with Crippen LogP contribution in [0.3, 0.4) is 0 Å². The SMILES string of the molecule is Cc1ccc(COc2nsc(NC(=O)NCCCC(O)CN3CCOCC3)c2C(N)=O)c(F)c1. The third-order valence-corrected chi connectivity index (χ3v) is 6.03. The van der Waals surface area contributed by atoms with Crippen molar-refractivity contribution in [3.63, 3.8) is 0 Å². The highest BCUT2D eigenvalue weighted by Gasteiger charge is 2.22. The topological polar surface area (TPSA) is 139 Å². The molecule has 0 bridgehead atoms. The maximum absolute atomic E-state index is 14.0. The van der Waals surface area contributed by atoms with Crippen molar-refractivity contribution in [1.82, 2.24) is 14.6 Å². The van der Waals surface area contributed by atoms with E-state index in [-0.39, 0.29) is 23.1 Å². The van der Waals surface area contributed by atoms with Gasteiger partial charge in [0.05, 0.1) is 19.3 Å². The van der Waals surface area contributed by atoms with E-state index in [1.807, 2.05) is 0 Å². The van der Waals surface area contributed by atoms with Crippen molar-refractivity contribution in [2.24, 2.45) is 5.73 Å². The highest BCUT2D eigenvalue weighted by Crippen LogP contribution is 2.31. The Balaban J connectivity index is 1.45. The summed E-state index contributed by atoms with van der Waals surface area (Å²) in [5.41, 5.74) is 6.45. The number of benzene rings is 1. The molecule has 2 aromatic rings. The monoisotopic (exact) mass is 495 g/mol. The predicted octanol–water partition coefficient (Wildman–Crippen LogP) is 1.86. The van der Waals surface area contributed by atoms with Gasteiger partial charge in [0.2, 0.25) is 5.88 Å². The maximum Gasteiger partial charge on any atom is 0.319 e. The number of nitrogens with one attached hydrogen (secondary N) is 2. The lowest BCUT2D eigenvalue weighted by molar-refractivity contribution is 0.0129. The summed E-state index contributed by atoms with van der Waals surface area (Å²) in [6.07, 6.45) is 0.642. The third kappa shape index (κ3) is 7.62. The van der Waals surface area contributed by atoms with E-state index in [1.54, 1.807) is 19.1 Å². The number of amides is 3. The molecule has 186 valence electrons. The van der Waals surface area contributed by atoms with Crippen LogP contribution in [-0.2, 0) is 11.3 Å². The van der Waals surface area contributed by atoms with Gasteiger partial charge in [0.15, 0.2) is 0 Å². The largest absolute Gasteiger partial charge is 0.471 e. The van der Waals surface area contributed by atoms with E-state index in [0.717, 1.165) is 30.2 Å². The van der Waals surface area contributed by atoms with Crippen molar-refractivity contribution >= 4 is 28.5 Å². The number of ether oxygens (including phenoxy) is 2. The number of carbonyl (C=O) groups is 2. The number of aliphatic hydroxyl groups excluding tert-OH is 1. The second-order valence-corrected chi connectivity index (χ2v) is 8.80. The average molecular weight is 496 g/mol. The minimum atomic E-state index is -0.824. The van der Waals surface area contributed by atoms with E-state index < -0.39 is 23.9 Å². The van der Waals surface area contributed by atoms with Gasteiger partial charge in [0, 0.05) is 31.7 Å². The normalized spacial score (nSPS) is 15.0. The van der Waals surface area contributed by atoms with Gasteiger partial charge in [-0.1, -0.05) is 12.1 Å². The molecule has 1 fully saturated rings. The van der Waals surface area contributed by atoms with Crippen LogP contribution in [0.15, 0.2) is 18.2 Å². The summed E-state index contributed by atoms with van der Waals surface area (Å²) in [6.45, 7) is 5.51. The van der Waals surface area contributed by atoms with Gasteiger partial charge in [-0.3, -0.25) is 15.0 Å². The number of nitrogens with two attached hydrogens (primary N) is 1. The van der Waals surface area contributed by atoms with Gasteiger partial charge in [0.25, 0.3) is 5.91 Å². The number of rotatable bonds is 11. The first-order valence-electron chi connectivity index (χ1n) is 11.0. The number of hydrogen-bond acceptors (Lipinski definition) is 8. The molecule has 3 rings (SSSR count). The van der Waals surface area contributed by atoms with Crippen LogP contribution in [-0.4, -0.2) is 71.8 Å². The maximum atomic E-state index is 14.0. The van der Waals surface area contributed by atoms with Gasteiger partial charge in [-0.2, -0.15) is 4.37 Å². The Morgan fingerprint density at radius 2 is 2.15 bits per heavy atom. The second-order valence-electron chi connectivity index (χ2n) is 8.03. The predicted molar refractivity (Wildman–Crippen MR) is 126 cm³/mol. The number of halogens is 1. The van der Waals surface area contributed by atoms with E-state index in [2.05, 4.69) is 19.9 Å². The molecule has 2 heterocycles. The number of urea groups is 1. The molecule has 0 aliphatic carbocycles. The van der Waals surface area contributed by atoms with Crippen LogP contribution in [0.1, 0.15) is 34.3 Å². The Labute approximate surface area is 201 Å². The summed E-state index contributed by atoms with van der Waals surface area (Å²) in [4.78, 5) is 26.3. The fraction of sp³-hybridized carbons (Fsp3) is 0.500. The molecular formula is C22H30FN5O5S. The number of carbonyl (C=O) groups excluding carboxylic acids is 2. The molecule has 1 aliphatic heterocycles. The van der Waals surface area contributed by atoms with Crippen LogP contribution in [0.4, 0.5) is 14.2 Å². The number of aromatic nitrogens is 1. The van der Waals surface area contributed by atoms with Gasteiger partial charge in [-0.25, -0.2) is 9.18 Å². The van der Waals surface area contributed by atoms with E-state index in [9.17, 15) is 19.1 Å². The number of nitrogens with zero attached hydrogens (tertiary/aromatic N) is 2. The highest BCUT2D eigenvalue weighted by molar-refractivity contribution is 7.11. The Hall–Kier alpha value is -2.80. The smallest absolute Gasteiger partial charge is 0.319 e. The van der Waals surface area contributed by atoms with E-state index in [1.165, 1.54) is 6.07 Å². The van der Waals surface area contributed by atoms with Crippen LogP contribution < -0.4 is 21.1 Å². The van der Waals surface area contributed by atoms with Gasteiger partial charge in [-0.15, -0.1) is 0 Å². The zero-order valence-corrected chi connectivity index (χ0v) is 19.8. The van der Waals surface area contributed by atoms with Crippen LogP contribution in [0, 0.1) is 12.7 Å². The number of anilines is 1. The van der Waals surface area contributed by atoms with Gasteiger partial charge >= 0.3 is 6.03 Å². The Kier molecular flexibility index (Phi) is 9.57. The summed E-state index contributed by atoms with van der Waals surface area (Å²) in [5.74, 6) is -1.32. The lowest BCUT2D eigenvalue weighted by Gasteiger charge is -2.28. The molecule has 1 aliphatic rings. The van der Waals surface area contributed by atoms with Crippen molar-refractivity contribution in [1.29, 1.82) is 0 Å². The van der Waals surface area contributed by atoms with Crippen LogP contribution in [0.5, 0.6) is 5.88 Å². The lowest BCUT2D eigenvalue weighted by atomic mass is 10.1. The quantitative estimate of drug-likeness (QED) is 0.349. The lowest BCUT2D eigenvalue weighted by Crippen LogP contribution is -2.41. The standard InChI is InChI=1S/C22H30FN5O5S/c1-14-4-5-15(17(23)11-14)13-33-20-18(19(24)30)21(34-27-20)26-22(31)25-6-2-3-16(29)12-28-7-9-32-10-8-28/h4-5,11,16,29H,2-3,6-10,12-13H2,1H3,(H2,24,30)(H2,25,26,31). The van der Waals surface area contributed by atoms with Gasteiger partial charge in [0.1, 0.15) is 23.0 Å². The average Bonchev–Trinajstić information content (AvgIpc) is 3.19. The molecule has 0 radical (unpaired) electrons. The summed E-state index contributed by atoms with van der Waals surface area (Å²) in [6, 6.07) is 4.18. The molecule has 1 saturated heterocycles. The van der Waals surface area contributed by atoms with Crippen molar-refractivity contribution < 1.29 is 28.6 Å². The molecule has 1 unspecified atom stereocenters. The molecule has 1 aromatic carbocycles. The molecular weight excluding hydrogens is 465 g/mol. The van der Waals surface area contributed by atoms with Gasteiger partial charge < -0.3 is 25.6 Å². The minimum Gasteiger partial charge on any atom is -0.471 e. The van der Waals surface area contributed by atoms with Crippen LogP contribution in [0.25, 0.3) is 0 Å². The first-order valence-corrected chi connectivity index (χ1v) is 11.8. The Morgan fingerprint density at radius 1 is 1.38 bits per heavy atom. The van der Waals surface area contributed by atoms with E-state index >= 15 is 0 Å².